The van der Waals surface area contributed by atoms with Crippen LogP contribution in [0.5, 0.6) is 0 Å². The number of hydrogen-bond donors (Lipinski definition) is 2. The van der Waals surface area contributed by atoms with Crippen LogP contribution in [0.2, 0.25) is 0 Å². The van der Waals surface area contributed by atoms with Gasteiger partial charge in [0.05, 0.1) is 0 Å². The molecule has 0 aliphatic carbocycles. The molecule has 2 aromatic heterocycles. The smallest absolute Gasteiger partial charge is 0.191 e. The van der Waals surface area contributed by atoms with E-state index in [9.17, 15) is 0 Å². The van der Waals surface area contributed by atoms with Gasteiger partial charge in [-0.2, -0.15) is 0 Å². The van der Waals surface area contributed by atoms with E-state index in [-0.39, 0.29) is 0 Å². The first kappa shape index (κ1) is 19.1. The Balaban J connectivity index is 1.47. The minimum absolute atomic E-state index is 0.718. The van der Waals surface area contributed by atoms with E-state index in [4.69, 9.17) is 0 Å². The minimum atomic E-state index is 0.718. The Kier molecular flexibility index (Phi) is 7.01. The number of guanidine groups is 1. The van der Waals surface area contributed by atoms with Crippen molar-refractivity contribution in [1.29, 1.82) is 0 Å². The number of aromatic nitrogens is 4. The van der Waals surface area contributed by atoms with Crippen LogP contribution in [-0.2, 0) is 19.5 Å². The number of rotatable bonds is 7. The van der Waals surface area contributed by atoms with E-state index in [1.165, 1.54) is 24.8 Å². The summed E-state index contributed by atoms with van der Waals surface area (Å²) in [4.78, 5) is 11.2. The molecule has 146 valence electrons. The molecule has 1 aliphatic heterocycles. The van der Waals surface area contributed by atoms with Crippen molar-refractivity contribution in [2.45, 2.75) is 45.7 Å². The molecule has 3 heterocycles. The number of aliphatic imine (C=N–C) groups is 1. The molecule has 0 bridgehead atoms. The quantitative estimate of drug-likeness (QED) is 0.569. The molecule has 8 heteroatoms. The van der Waals surface area contributed by atoms with Crippen LogP contribution in [0.4, 0.5) is 5.82 Å². The van der Waals surface area contributed by atoms with E-state index in [0.29, 0.717) is 0 Å². The molecule has 1 saturated heterocycles. The maximum atomic E-state index is 4.54. The summed E-state index contributed by atoms with van der Waals surface area (Å²) in [6, 6.07) is 4.23. The summed E-state index contributed by atoms with van der Waals surface area (Å²) in [6.45, 7) is 6.59. The van der Waals surface area contributed by atoms with Gasteiger partial charge in [0.2, 0.25) is 0 Å². The third-order valence-corrected chi connectivity index (χ3v) is 4.83. The van der Waals surface area contributed by atoms with Gasteiger partial charge in [-0.1, -0.05) is 6.92 Å². The Morgan fingerprint density at radius 2 is 2.07 bits per heavy atom. The lowest BCUT2D eigenvalue weighted by atomic mass is 10.1. The summed E-state index contributed by atoms with van der Waals surface area (Å²) in [5.41, 5.74) is 1.21. The van der Waals surface area contributed by atoms with Crippen molar-refractivity contribution in [3.63, 3.8) is 0 Å². The molecule has 2 N–H and O–H groups in total. The molecule has 1 aliphatic rings. The zero-order valence-electron chi connectivity index (χ0n) is 16.4. The third-order valence-electron chi connectivity index (χ3n) is 4.83. The van der Waals surface area contributed by atoms with Crippen LogP contribution in [0.3, 0.4) is 0 Å². The molecule has 0 aromatic carbocycles. The first-order chi connectivity index (χ1) is 13.3. The van der Waals surface area contributed by atoms with Gasteiger partial charge in [0.15, 0.2) is 5.96 Å². The number of nitrogens with zero attached hydrogens (tertiary/aromatic N) is 6. The molecule has 0 atom stereocenters. The van der Waals surface area contributed by atoms with Gasteiger partial charge in [0.25, 0.3) is 0 Å². The lowest BCUT2D eigenvalue weighted by Crippen LogP contribution is -2.38. The molecule has 0 saturated carbocycles. The van der Waals surface area contributed by atoms with Gasteiger partial charge in [-0.3, -0.25) is 4.99 Å². The largest absolute Gasteiger partial charge is 0.357 e. The maximum absolute atomic E-state index is 4.54. The van der Waals surface area contributed by atoms with E-state index in [1.807, 2.05) is 6.20 Å². The molecular formula is C19H30N8. The van der Waals surface area contributed by atoms with Crippen LogP contribution in [0.1, 0.15) is 37.6 Å². The van der Waals surface area contributed by atoms with E-state index in [0.717, 1.165) is 56.7 Å². The predicted molar refractivity (Wildman–Crippen MR) is 108 cm³/mol. The zero-order chi connectivity index (χ0) is 18.9. The number of anilines is 1. The summed E-state index contributed by atoms with van der Waals surface area (Å²) in [7, 11) is 1.79. The fourth-order valence-corrected chi connectivity index (χ4v) is 3.31. The SMILES string of the molecule is CCc1nncn1CCNC(=NC)NCc1ccnc(N2CCCCC2)c1. The zero-order valence-corrected chi connectivity index (χ0v) is 16.4. The van der Waals surface area contributed by atoms with Gasteiger partial charge in [-0.25, -0.2) is 4.98 Å². The molecule has 0 spiro atoms. The average molecular weight is 371 g/mol. The number of pyridine rings is 1. The van der Waals surface area contributed by atoms with Gasteiger partial charge in [0, 0.05) is 52.4 Å². The monoisotopic (exact) mass is 370 g/mol. The Morgan fingerprint density at radius 1 is 1.22 bits per heavy atom. The summed E-state index contributed by atoms with van der Waals surface area (Å²) in [5, 5.41) is 14.8. The van der Waals surface area contributed by atoms with Gasteiger partial charge in [-0.05, 0) is 37.0 Å². The van der Waals surface area contributed by atoms with Crippen LogP contribution in [0.15, 0.2) is 29.6 Å². The van der Waals surface area contributed by atoms with Crippen LogP contribution >= 0.6 is 0 Å². The van der Waals surface area contributed by atoms with Crippen LogP contribution in [-0.4, -0.2) is 52.4 Å². The lowest BCUT2D eigenvalue weighted by Gasteiger charge is -2.28. The Labute approximate surface area is 161 Å². The topological polar surface area (TPSA) is 83.3 Å². The first-order valence-electron chi connectivity index (χ1n) is 9.81. The van der Waals surface area contributed by atoms with E-state index in [1.54, 1.807) is 13.4 Å². The normalized spacial score (nSPS) is 15.0. The molecule has 1 fully saturated rings. The predicted octanol–water partition coefficient (Wildman–Crippen LogP) is 1.59. The number of aryl methyl sites for hydroxylation is 1. The van der Waals surface area contributed by atoms with Crippen molar-refractivity contribution in [1.82, 2.24) is 30.4 Å². The highest BCUT2D eigenvalue weighted by Crippen LogP contribution is 2.18. The van der Waals surface area contributed by atoms with Crippen LogP contribution in [0.25, 0.3) is 0 Å². The minimum Gasteiger partial charge on any atom is -0.357 e. The lowest BCUT2D eigenvalue weighted by molar-refractivity contribution is 0.573. The molecule has 27 heavy (non-hydrogen) atoms. The number of hydrogen-bond acceptors (Lipinski definition) is 5. The van der Waals surface area contributed by atoms with Crippen molar-refractivity contribution < 1.29 is 0 Å². The van der Waals surface area contributed by atoms with Crippen LogP contribution < -0.4 is 15.5 Å². The third kappa shape index (κ3) is 5.42. The summed E-state index contributed by atoms with van der Waals surface area (Å²) in [5.74, 6) is 2.87. The highest BCUT2D eigenvalue weighted by molar-refractivity contribution is 5.79. The van der Waals surface area contributed by atoms with Crippen molar-refractivity contribution in [3.8, 4) is 0 Å². The average Bonchev–Trinajstić information content (AvgIpc) is 3.19. The van der Waals surface area contributed by atoms with E-state index in [2.05, 4.69) is 59.3 Å². The van der Waals surface area contributed by atoms with Crippen molar-refractivity contribution >= 4 is 11.8 Å². The second kappa shape index (κ2) is 9.89. The fourth-order valence-electron chi connectivity index (χ4n) is 3.31. The van der Waals surface area contributed by atoms with E-state index >= 15 is 0 Å². The van der Waals surface area contributed by atoms with Crippen LogP contribution in [0, 0.1) is 0 Å². The van der Waals surface area contributed by atoms with Gasteiger partial charge in [0.1, 0.15) is 18.0 Å². The Hall–Kier alpha value is -2.64. The summed E-state index contributed by atoms with van der Waals surface area (Å²) >= 11 is 0. The first-order valence-corrected chi connectivity index (χ1v) is 9.81. The number of nitrogens with one attached hydrogen (secondary N) is 2. The molecule has 0 radical (unpaired) electrons. The van der Waals surface area contributed by atoms with Crippen molar-refractivity contribution in [2.24, 2.45) is 4.99 Å². The molecule has 0 unspecified atom stereocenters. The number of piperidine rings is 1. The van der Waals surface area contributed by atoms with Crippen molar-refractivity contribution in [2.75, 3.05) is 31.6 Å². The summed E-state index contributed by atoms with van der Waals surface area (Å²) in [6.07, 6.45) is 8.40. The van der Waals surface area contributed by atoms with Gasteiger partial charge in [-0.15, -0.1) is 10.2 Å². The molecule has 3 rings (SSSR count). The molecule has 2 aromatic rings. The Bertz CT molecular complexity index is 733. The molecular weight excluding hydrogens is 340 g/mol. The van der Waals surface area contributed by atoms with Crippen molar-refractivity contribution in [3.05, 3.63) is 36.0 Å². The second-order valence-corrected chi connectivity index (χ2v) is 6.72. The highest BCUT2D eigenvalue weighted by Gasteiger charge is 2.12. The van der Waals surface area contributed by atoms with Gasteiger partial charge < -0.3 is 20.1 Å². The fraction of sp³-hybridized carbons (Fsp3) is 0.579. The van der Waals surface area contributed by atoms with E-state index < -0.39 is 0 Å². The standard InChI is InChI=1S/C19H30N8/c1-3-17-25-24-15-27(17)12-9-22-19(20-2)23-14-16-7-8-21-18(13-16)26-10-5-4-6-11-26/h7-8,13,15H,3-6,9-12,14H2,1-2H3,(H2,20,22,23). The molecule has 8 nitrogen and oxygen atoms in total. The highest BCUT2D eigenvalue weighted by atomic mass is 15.3. The summed E-state index contributed by atoms with van der Waals surface area (Å²) < 4.78 is 2.06. The Morgan fingerprint density at radius 3 is 2.85 bits per heavy atom. The van der Waals surface area contributed by atoms with Gasteiger partial charge >= 0.3 is 0 Å². The molecule has 0 amide bonds. The maximum Gasteiger partial charge on any atom is 0.191 e. The second-order valence-electron chi connectivity index (χ2n) is 6.72.